The average molecular weight is 565 g/mol. The molecule has 2 heteroatoms. The van der Waals surface area contributed by atoms with Gasteiger partial charge in [0.15, 0.2) is 0 Å². The van der Waals surface area contributed by atoms with Crippen molar-refractivity contribution in [3.63, 3.8) is 0 Å². The molecule has 0 aromatic carbocycles. The Balaban J connectivity index is 3.86. The van der Waals surface area contributed by atoms with Gasteiger partial charge in [0.25, 0.3) is 0 Å². The second-order valence-corrected chi connectivity index (χ2v) is 13.0. The molecular weight excluding hydrogens is 488 g/mol. The quantitative estimate of drug-likeness (QED) is 0.0574. The van der Waals surface area contributed by atoms with Crippen molar-refractivity contribution in [1.82, 2.24) is 0 Å². The molecular formula is C38H76O2. The number of carbonyl (C=O) groups is 1. The maximum atomic E-state index is 12.6. The highest BCUT2D eigenvalue weighted by atomic mass is 16.5. The van der Waals surface area contributed by atoms with Crippen molar-refractivity contribution in [2.75, 3.05) is 0 Å². The molecule has 0 aromatic rings. The van der Waals surface area contributed by atoms with Crippen LogP contribution in [0.2, 0.25) is 0 Å². The first-order valence-electron chi connectivity index (χ1n) is 18.9. The van der Waals surface area contributed by atoms with Crippen LogP contribution in [0.5, 0.6) is 0 Å². The summed E-state index contributed by atoms with van der Waals surface area (Å²) < 4.78 is 6.04. The van der Waals surface area contributed by atoms with E-state index in [-0.39, 0.29) is 12.1 Å². The van der Waals surface area contributed by atoms with Crippen molar-refractivity contribution in [2.24, 2.45) is 0 Å². The molecule has 0 heterocycles. The third kappa shape index (κ3) is 32.0. The summed E-state index contributed by atoms with van der Waals surface area (Å²) in [4.78, 5) is 12.6. The Bertz CT molecular complexity index is 474. The van der Waals surface area contributed by atoms with Crippen LogP contribution in [-0.2, 0) is 9.53 Å². The number of rotatable bonds is 34. The summed E-state index contributed by atoms with van der Waals surface area (Å²) in [5.41, 5.74) is 0. The largest absolute Gasteiger partial charge is 0.462 e. The number of unbranched alkanes of at least 4 members (excludes halogenated alkanes) is 27. The monoisotopic (exact) mass is 565 g/mol. The van der Waals surface area contributed by atoms with Crippen molar-refractivity contribution in [3.8, 4) is 0 Å². The van der Waals surface area contributed by atoms with E-state index in [0.717, 1.165) is 19.3 Å². The van der Waals surface area contributed by atoms with Gasteiger partial charge in [-0.3, -0.25) is 4.79 Å². The topological polar surface area (TPSA) is 26.3 Å². The van der Waals surface area contributed by atoms with E-state index in [1.807, 2.05) is 0 Å². The van der Waals surface area contributed by atoms with Crippen LogP contribution in [-0.4, -0.2) is 12.1 Å². The minimum absolute atomic E-state index is 0.0715. The van der Waals surface area contributed by atoms with Crippen LogP contribution in [0, 0.1) is 0 Å². The lowest BCUT2D eigenvalue weighted by atomic mass is 10.0. The predicted octanol–water partition coefficient (Wildman–Crippen LogP) is 13.8. The molecule has 0 N–H and O–H groups in total. The van der Waals surface area contributed by atoms with Crippen LogP contribution < -0.4 is 0 Å². The highest BCUT2D eigenvalue weighted by Gasteiger charge is 2.14. The number of hydrogen-bond donors (Lipinski definition) is 0. The molecule has 0 radical (unpaired) electrons. The molecule has 2 nitrogen and oxygen atoms in total. The third-order valence-electron chi connectivity index (χ3n) is 8.79. The lowest BCUT2D eigenvalue weighted by molar-refractivity contribution is -0.150. The Morgan fingerprint density at radius 1 is 0.375 bits per heavy atom. The summed E-state index contributed by atoms with van der Waals surface area (Å²) in [5.74, 6) is 0.0715. The van der Waals surface area contributed by atoms with Crippen LogP contribution in [0.25, 0.3) is 0 Å². The van der Waals surface area contributed by atoms with Crippen molar-refractivity contribution in [3.05, 3.63) is 0 Å². The second kappa shape index (κ2) is 34.7. The van der Waals surface area contributed by atoms with Gasteiger partial charge in [-0.15, -0.1) is 0 Å². The molecule has 1 atom stereocenters. The average Bonchev–Trinajstić information content (AvgIpc) is 2.95. The smallest absolute Gasteiger partial charge is 0.306 e. The van der Waals surface area contributed by atoms with Gasteiger partial charge in [0.05, 0.1) is 0 Å². The van der Waals surface area contributed by atoms with Gasteiger partial charge in [0, 0.05) is 6.42 Å². The van der Waals surface area contributed by atoms with Crippen molar-refractivity contribution in [2.45, 2.75) is 239 Å². The Labute approximate surface area is 254 Å². The molecule has 0 bridgehead atoms. The van der Waals surface area contributed by atoms with E-state index in [2.05, 4.69) is 20.8 Å². The molecule has 0 aliphatic carbocycles. The zero-order valence-corrected chi connectivity index (χ0v) is 28.2. The van der Waals surface area contributed by atoms with E-state index in [9.17, 15) is 4.79 Å². The van der Waals surface area contributed by atoms with E-state index >= 15 is 0 Å². The van der Waals surface area contributed by atoms with Crippen molar-refractivity contribution < 1.29 is 9.53 Å². The molecule has 40 heavy (non-hydrogen) atoms. The summed E-state index contributed by atoms with van der Waals surface area (Å²) in [6, 6.07) is 0. The highest BCUT2D eigenvalue weighted by molar-refractivity contribution is 5.69. The van der Waals surface area contributed by atoms with Gasteiger partial charge in [-0.25, -0.2) is 0 Å². The molecule has 240 valence electrons. The van der Waals surface area contributed by atoms with E-state index in [4.69, 9.17) is 4.74 Å². The molecule has 0 saturated carbocycles. The second-order valence-electron chi connectivity index (χ2n) is 13.0. The number of hydrogen-bond acceptors (Lipinski definition) is 2. The fraction of sp³-hybridized carbons (Fsp3) is 0.974. The van der Waals surface area contributed by atoms with Gasteiger partial charge in [0.2, 0.25) is 0 Å². The maximum Gasteiger partial charge on any atom is 0.306 e. The van der Waals surface area contributed by atoms with Gasteiger partial charge in [-0.2, -0.15) is 0 Å². The van der Waals surface area contributed by atoms with Crippen molar-refractivity contribution in [1.29, 1.82) is 0 Å². The maximum absolute atomic E-state index is 12.6. The third-order valence-corrected chi connectivity index (χ3v) is 8.79. The normalized spacial score (nSPS) is 12.2. The van der Waals surface area contributed by atoms with Crippen LogP contribution in [0.1, 0.15) is 233 Å². The Morgan fingerprint density at radius 2 is 0.625 bits per heavy atom. The van der Waals surface area contributed by atoms with Gasteiger partial charge >= 0.3 is 5.97 Å². The highest BCUT2D eigenvalue weighted by Crippen LogP contribution is 2.19. The van der Waals surface area contributed by atoms with E-state index in [1.54, 1.807) is 0 Å². The fourth-order valence-corrected chi connectivity index (χ4v) is 5.98. The van der Waals surface area contributed by atoms with Crippen LogP contribution in [0.15, 0.2) is 0 Å². The Kier molecular flexibility index (Phi) is 34.2. The molecule has 0 fully saturated rings. The zero-order valence-electron chi connectivity index (χ0n) is 28.2. The van der Waals surface area contributed by atoms with E-state index in [1.165, 1.54) is 186 Å². The number of ether oxygens (including phenoxy) is 1. The molecule has 0 rings (SSSR count). The Morgan fingerprint density at radius 3 is 0.925 bits per heavy atom. The first kappa shape index (κ1) is 39.5. The van der Waals surface area contributed by atoms with E-state index in [0.29, 0.717) is 6.42 Å². The fourth-order valence-electron chi connectivity index (χ4n) is 5.98. The molecule has 0 spiro atoms. The van der Waals surface area contributed by atoms with Crippen LogP contribution in [0.3, 0.4) is 0 Å². The standard InChI is InChI=1S/C38H76O2/c1-4-7-10-13-16-18-19-20-21-22-23-24-27-30-33-36-38(39)40-37(34-31-28-25-15-12-9-6-3)35-32-29-26-17-14-11-8-5-2/h37H,4-36H2,1-3H3. The minimum Gasteiger partial charge on any atom is -0.462 e. The summed E-state index contributed by atoms with van der Waals surface area (Å²) in [7, 11) is 0. The zero-order chi connectivity index (χ0) is 29.2. The lowest BCUT2D eigenvalue weighted by Gasteiger charge is -2.18. The number of esters is 1. The molecule has 0 aliphatic heterocycles. The molecule has 1 unspecified atom stereocenters. The van der Waals surface area contributed by atoms with Gasteiger partial charge < -0.3 is 4.74 Å². The van der Waals surface area contributed by atoms with Gasteiger partial charge in [-0.05, 0) is 32.1 Å². The van der Waals surface area contributed by atoms with E-state index < -0.39 is 0 Å². The van der Waals surface area contributed by atoms with Crippen LogP contribution in [0.4, 0.5) is 0 Å². The summed E-state index contributed by atoms with van der Waals surface area (Å²) in [6.07, 6.45) is 43.4. The summed E-state index contributed by atoms with van der Waals surface area (Å²) in [5, 5.41) is 0. The van der Waals surface area contributed by atoms with Crippen LogP contribution >= 0.6 is 0 Å². The van der Waals surface area contributed by atoms with Gasteiger partial charge in [-0.1, -0.05) is 194 Å². The lowest BCUT2D eigenvalue weighted by Crippen LogP contribution is -2.18. The molecule has 0 aliphatic rings. The minimum atomic E-state index is 0.0715. The first-order chi connectivity index (χ1) is 19.7. The Hall–Kier alpha value is -0.530. The molecule has 0 saturated heterocycles. The predicted molar refractivity (Wildman–Crippen MR) is 179 cm³/mol. The van der Waals surface area contributed by atoms with Gasteiger partial charge in [0.1, 0.15) is 6.10 Å². The first-order valence-corrected chi connectivity index (χ1v) is 18.9. The molecule has 0 amide bonds. The summed E-state index contributed by atoms with van der Waals surface area (Å²) >= 11 is 0. The van der Waals surface area contributed by atoms with Crippen molar-refractivity contribution >= 4 is 5.97 Å². The SMILES string of the molecule is CCCCCCCCCCCCCCCCCC(=O)OC(CCCCCCCCC)CCCCCCCCCC. The number of carbonyl (C=O) groups excluding carboxylic acids is 1. The summed E-state index contributed by atoms with van der Waals surface area (Å²) in [6.45, 7) is 6.86. The molecule has 0 aromatic heterocycles.